The number of hydrogen-bond donors (Lipinski definition) is 1. The van der Waals surface area contributed by atoms with Crippen molar-refractivity contribution in [2.75, 3.05) is 0 Å². The first-order valence-electron chi connectivity index (χ1n) is 15.8. The first kappa shape index (κ1) is 27.2. The van der Waals surface area contributed by atoms with Crippen molar-refractivity contribution in [2.24, 2.45) is 5.73 Å². The Morgan fingerprint density at radius 1 is 0.467 bits per heavy atom. The molecule has 0 atom stereocenters. The highest BCUT2D eigenvalue weighted by Crippen LogP contribution is 2.47. The standard InChI is InChI=1S/C44H35N/c1-44(2)39-23-13-12-22-38(39)42(43(44)45)33-17-7-6-16-32(33)28-29-24-26-31(27-25-29)41-36-20-10-8-18-34(36)40(30-14-4-3-5-15-30)35-19-9-11-21-37(35)41/h3-27H,28,45H2,1-2H3. The summed E-state index contributed by atoms with van der Waals surface area (Å²) in [4.78, 5) is 0. The van der Waals surface area contributed by atoms with Crippen molar-refractivity contribution in [2.45, 2.75) is 25.7 Å². The van der Waals surface area contributed by atoms with Gasteiger partial charge in [-0.1, -0.05) is 166 Å². The molecule has 1 nitrogen and oxygen atoms in total. The Morgan fingerprint density at radius 3 is 1.53 bits per heavy atom. The summed E-state index contributed by atoms with van der Waals surface area (Å²) in [5.74, 6) is 0. The molecule has 7 aromatic rings. The summed E-state index contributed by atoms with van der Waals surface area (Å²) >= 11 is 0. The van der Waals surface area contributed by atoms with E-state index in [0.717, 1.165) is 12.1 Å². The summed E-state index contributed by atoms with van der Waals surface area (Å²) in [6.07, 6.45) is 0.838. The quantitative estimate of drug-likeness (QED) is 0.202. The van der Waals surface area contributed by atoms with Crippen LogP contribution in [-0.2, 0) is 11.8 Å². The van der Waals surface area contributed by atoms with Gasteiger partial charge in [0.1, 0.15) is 0 Å². The Kier molecular flexibility index (Phi) is 6.43. The lowest BCUT2D eigenvalue weighted by Crippen LogP contribution is -2.22. The Balaban J connectivity index is 1.22. The van der Waals surface area contributed by atoms with Crippen molar-refractivity contribution in [1.29, 1.82) is 0 Å². The van der Waals surface area contributed by atoms with Crippen molar-refractivity contribution in [3.8, 4) is 22.3 Å². The largest absolute Gasteiger partial charge is 0.401 e. The van der Waals surface area contributed by atoms with Gasteiger partial charge in [-0.15, -0.1) is 0 Å². The van der Waals surface area contributed by atoms with Gasteiger partial charge in [-0.25, -0.2) is 0 Å². The predicted octanol–water partition coefficient (Wildman–Crippen LogP) is 10.9. The average Bonchev–Trinajstić information content (AvgIpc) is 3.29. The van der Waals surface area contributed by atoms with Gasteiger partial charge in [-0.05, 0) is 78.0 Å². The molecule has 0 bridgehead atoms. The maximum Gasteiger partial charge on any atom is 0.0304 e. The van der Waals surface area contributed by atoms with Crippen LogP contribution in [0.5, 0.6) is 0 Å². The number of hydrogen-bond acceptors (Lipinski definition) is 1. The van der Waals surface area contributed by atoms with Crippen LogP contribution < -0.4 is 5.73 Å². The lowest BCUT2D eigenvalue weighted by Gasteiger charge is -2.21. The van der Waals surface area contributed by atoms with E-state index in [9.17, 15) is 0 Å². The highest BCUT2D eigenvalue weighted by Gasteiger charge is 2.37. The third-order valence-electron chi connectivity index (χ3n) is 9.73. The van der Waals surface area contributed by atoms with Gasteiger partial charge in [-0.2, -0.15) is 0 Å². The number of allylic oxidation sites excluding steroid dienone is 1. The van der Waals surface area contributed by atoms with E-state index in [2.05, 4.69) is 166 Å². The van der Waals surface area contributed by atoms with Gasteiger partial charge >= 0.3 is 0 Å². The lowest BCUT2D eigenvalue weighted by atomic mass is 9.85. The maximum absolute atomic E-state index is 6.90. The lowest BCUT2D eigenvalue weighted by molar-refractivity contribution is 0.631. The van der Waals surface area contributed by atoms with E-state index in [1.807, 2.05) is 0 Å². The highest BCUT2D eigenvalue weighted by molar-refractivity contribution is 6.21. The van der Waals surface area contributed by atoms with E-state index >= 15 is 0 Å². The second-order valence-corrected chi connectivity index (χ2v) is 12.7. The number of rotatable bonds is 5. The van der Waals surface area contributed by atoms with Gasteiger partial charge in [0.15, 0.2) is 0 Å². The molecule has 0 saturated carbocycles. The summed E-state index contributed by atoms with van der Waals surface area (Å²) in [5.41, 5.74) is 20.3. The average molecular weight is 578 g/mol. The molecule has 8 rings (SSSR count). The summed E-state index contributed by atoms with van der Waals surface area (Å²) in [6.45, 7) is 4.46. The zero-order valence-electron chi connectivity index (χ0n) is 25.7. The molecule has 45 heavy (non-hydrogen) atoms. The van der Waals surface area contributed by atoms with Gasteiger partial charge in [0.2, 0.25) is 0 Å². The van der Waals surface area contributed by atoms with Crippen molar-refractivity contribution in [3.63, 3.8) is 0 Å². The minimum absolute atomic E-state index is 0.192. The maximum atomic E-state index is 6.90. The van der Waals surface area contributed by atoms with Crippen LogP contribution in [-0.4, -0.2) is 0 Å². The molecule has 1 heteroatoms. The van der Waals surface area contributed by atoms with Gasteiger partial charge in [0, 0.05) is 16.7 Å². The fourth-order valence-electron chi connectivity index (χ4n) is 7.42. The van der Waals surface area contributed by atoms with Gasteiger partial charge < -0.3 is 5.73 Å². The van der Waals surface area contributed by atoms with Gasteiger partial charge in [-0.3, -0.25) is 0 Å². The normalized spacial score (nSPS) is 13.8. The molecule has 0 spiro atoms. The van der Waals surface area contributed by atoms with Gasteiger partial charge in [0.05, 0.1) is 0 Å². The molecule has 216 valence electrons. The molecule has 0 fully saturated rings. The summed E-state index contributed by atoms with van der Waals surface area (Å²) in [5, 5.41) is 5.11. The predicted molar refractivity (Wildman–Crippen MR) is 191 cm³/mol. The zero-order valence-corrected chi connectivity index (χ0v) is 25.7. The second kappa shape index (κ2) is 10.6. The van der Waals surface area contributed by atoms with E-state index in [-0.39, 0.29) is 5.41 Å². The fourth-order valence-corrected chi connectivity index (χ4v) is 7.42. The molecule has 1 aliphatic rings. The molecule has 0 heterocycles. The Bertz CT molecular complexity index is 2200. The Morgan fingerprint density at radius 2 is 0.933 bits per heavy atom. The number of benzene rings is 7. The Labute approximate surface area is 265 Å². The van der Waals surface area contributed by atoms with Crippen LogP contribution >= 0.6 is 0 Å². The van der Waals surface area contributed by atoms with Crippen LogP contribution in [0.15, 0.2) is 157 Å². The summed E-state index contributed by atoms with van der Waals surface area (Å²) in [7, 11) is 0. The molecule has 0 aliphatic heterocycles. The van der Waals surface area contributed by atoms with E-state index in [1.54, 1.807) is 0 Å². The molecule has 0 saturated heterocycles. The first-order valence-corrected chi connectivity index (χ1v) is 15.8. The third kappa shape index (κ3) is 4.38. The second-order valence-electron chi connectivity index (χ2n) is 12.7. The molecule has 2 N–H and O–H groups in total. The van der Waals surface area contributed by atoms with E-state index in [0.29, 0.717) is 0 Å². The van der Waals surface area contributed by atoms with E-state index in [1.165, 1.54) is 77.2 Å². The smallest absolute Gasteiger partial charge is 0.0304 e. The topological polar surface area (TPSA) is 26.0 Å². The van der Waals surface area contributed by atoms with Crippen LogP contribution in [0.4, 0.5) is 0 Å². The number of nitrogens with two attached hydrogens (primary N) is 1. The summed E-state index contributed by atoms with van der Waals surface area (Å²) in [6, 6.07) is 55.1. The molecule has 1 aliphatic carbocycles. The van der Waals surface area contributed by atoms with Crippen LogP contribution in [0.25, 0.3) is 49.4 Å². The monoisotopic (exact) mass is 577 g/mol. The molecule has 0 radical (unpaired) electrons. The third-order valence-corrected chi connectivity index (χ3v) is 9.73. The molecule has 7 aromatic carbocycles. The van der Waals surface area contributed by atoms with Crippen molar-refractivity contribution >= 4 is 27.1 Å². The molecule has 0 amide bonds. The van der Waals surface area contributed by atoms with Crippen LogP contribution in [0.1, 0.15) is 41.7 Å². The molecule has 0 aromatic heterocycles. The SMILES string of the molecule is CC1(C)C(N)=C(c2ccccc2Cc2ccc(-c3c4ccccc4c(-c4ccccc4)c4ccccc34)cc2)c2ccccc21. The zero-order chi connectivity index (χ0) is 30.5. The van der Waals surface area contributed by atoms with Gasteiger partial charge in [0.25, 0.3) is 0 Å². The molecular weight excluding hydrogens is 542 g/mol. The first-order chi connectivity index (χ1) is 22.0. The van der Waals surface area contributed by atoms with E-state index < -0.39 is 0 Å². The van der Waals surface area contributed by atoms with Crippen LogP contribution in [0, 0.1) is 0 Å². The molecular formula is C44H35N. The van der Waals surface area contributed by atoms with Crippen molar-refractivity contribution in [3.05, 3.63) is 185 Å². The van der Waals surface area contributed by atoms with Crippen molar-refractivity contribution in [1.82, 2.24) is 0 Å². The Hall–Kier alpha value is -5.40. The molecule has 0 unspecified atom stereocenters. The minimum Gasteiger partial charge on any atom is -0.401 e. The number of fused-ring (bicyclic) bond motifs is 3. The fraction of sp³-hybridized carbons (Fsp3) is 0.0909. The van der Waals surface area contributed by atoms with Crippen LogP contribution in [0.3, 0.4) is 0 Å². The minimum atomic E-state index is -0.192. The summed E-state index contributed by atoms with van der Waals surface area (Å²) < 4.78 is 0. The highest BCUT2D eigenvalue weighted by atomic mass is 14.7. The van der Waals surface area contributed by atoms with Crippen LogP contribution in [0.2, 0.25) is 0 Å². The van der Waals surface area contributed by atoms with Crippen molar-refractivity contribution < 1.29 is 0 Å². The van der Waals surface area contributed by atoms with E-state index in [4.69, 9.17) is 5.73 Å².